The predicted molar refractivity (Wildman–Crippen MR) is 74.3 cm³/mol. The van der Waals surface area contributed by atoms with E-state index >= 15 is 0 Å². The van der Waals surface area contributed by atoms with Crippen molar-refractivity contribution in [2.75, 3.05) is 6.54 Å². The first kappa shape index (κ1) is 14.0. The van der Waals surface area contributed by atoms with E-state index in [-0.39, 0.29) is 5.41 Å². The summed E-state index contributed by atoms with van der Waals surface area (Å²) in [6.45, 7) is 5.26. The molecule has 1 unspecified atom stereocenters. The van der Waals surface area contributed by atoms with Crippen LogP contribution in [0.5, 0.6) is 0 Å². The third kappa shape index (κ3) is 3.76. The lowest BCUT2D eigenvalue weighted by Gasteiger charge is -2.31. The molecule has 0 aromatic carbocycles. The lowest BCUT2D eigenvalue weighted by atomic mass is 9.77. The van der Waals surface area contributed by atoms with Gasteiger partial charge >= 0.3 is 0 Å². The topological polar surface area (TPSA) is 26.0 Å². The monoisotopic (exact) mass is 259 g/mol. The summed E-state index contributed by atoms with van der Waals surface area (Å²) >= 11 is 7.66. The average molecular weight is 260 g/mol. The van der Waals surface area contributed by atoms with Gasteiger partial charge in [-0.25, -0.2) is 0 Å². The van der Waals surface area contributed by atoms with E-state index in [9.17, 15) is 0 Å². The van der Waals surface area contributed by atoms with E-state index < -0.39 is 0 Å². The van der Waals surface area contributed by atoms with Crippen LogP contribution >= 0.6 is 22.9 Å². The zero-order valence-corrected chi connectivity index (χ0v) is 11.8. The SMILES string of the molecule is CCCCC(CC)(CN)Cc1ccc(Cl)s1. The highest BCUT2D eigenvalue weighted by Gasteiger charge is 2.26. The van der Waals surface area contributed by atoms with E-state index in [2.05, 4.69) is 19.9 Å². The Morgan fingerprint density at radius 1 is 1.38 bits per heavy atom. The molecule has 1 atom stereocenters. The van der Waals surface area contributed by atoms with E-state index in [0.29, 0.717) is 0 Å². The van der Waals surface area contributed by atoms with Crippen LogP contribution in [0.2, 0.25) is 4.34 Å². The molecule has 0 radical (unpaired) electrons. The highest BCUT2D eigenvalue weighted by Crippen LogP contribution is 2.35. The quantitative estimate of drug-likeness (QED) is 0.767. The van der Waals surface area contributed by atoms with Gasteiger partial charge in [0.25, 0.3) is 0 Å². The maximum atomic E-state index is 5.99. The molecule has 0 aliphatic carbocycles. The number of thiophene rings is 1. The Balaban J connectivity index is 2.69. The Hall–Kier alpha value is -0.0500. The molecule has 92 valence electrons. The van der Waals surface area contributed by atoms with Crippen LogP contribution in [0.3, 0.4) is 0 Å². The van der Waals surface area contributed by atoms with Crippen LogP contribution in [-0.4, -0.2) is 6.54 Å². The summed E-state index contributed by atoms with van der Waals surface area (Å²) in [5.74, 6) is 0. The third-order valence-electron chi connectivity index (χ3n) is 3.42. The lowest BCUT2D eigenvalue weighted by Crippen LogP contribution is -2.32. The van der Waals surface area contributed by atoms with E-state index in [1.807, 2.05) is 6.07 Å². The molecular formula is C13H22ClNS. The van der Waals surface area contributed by atoms with Gasteiger partial charge in [0.1, 0.15) is 0 Å². The fourth-order valence-corrected chi connectivity index (χ4v) is 3.34. The van der Waals surface area contributed by atoms with Crippen molar-refractivity contribution < 1.29 is 0 Å². The van der Waals surface area contributed by atoms with Crippen LogP contribution in [0.4, 0.5) is 0 Å². The molecule has 1 aromatic rings. The van der Waals surface area contributed by atoms with Gasteiger partial charge in [0.2, 0.25) is 0 Å². The molecule has 0 saturated heterocycles. The average Bonchev–Trinajstić information content (AvgIpc) is 2.70. The minimum absolute atomic E-state index is 0.282. The van der Waals surface area contributed by atoms with Crippen LogP contribution in [0.25, 0.3) is 0 Å². The number of hydrogen-bond acceptors (Lipinski definition) is 2. The van der Waals surface area contributed by atoms with Crippen molar-refractivity contribution in [3.8, 4) is 0 Å². The number of rotatable bonds is 7. The molecule has 1 nitrogen and oxygen atoms in total. The second kappa shape index (κ2) is 6.63. The van der Waals surface area contributed by atoms with Gasteiger partial charge < -0.3 is 5.73 Å². The van der Waals surface area contributed by atoms with Crippen molar-refractivity contribution in [2.24, 2.45) is 11.1 Å². The van der Waals surface area contributed by atoms with Gasteiger partial charge in [-0.1, -0.05) is 38.3 Å². The van der Waals surface area contributed by atoms with Crippen molar-refractivity contribution in [1.82, 2.24) is 0 Å². The molecule has 1 rings (SSSR count). The Kier molecular flexibility index (Phi) is 5.81. The molecule has 0 aliphatic heterocycles. The number of hydrogen-bond donors (Lipinski definition) is 1. The van der Waals surface area contributed by atoms with Crippen molar-refractivity contribution >= 4 is 22.9 Å². The smallest absolute Gasteiger partial charge is 0.0931 e. The summed E-state index contributed by atoms with van der Waals surface area (Å²) in [7, 11) is 0. The highest BCUT2D eigenvalue weighted by molar-refractivity contribution is 7.16. The van der Waals surface area contributed by atoms with E-state index in [0.717, 1.165) is 23.7 Å². The van der Waals surface area contributed by atoms with Crippen molar-refractivity contribution in [1.29, 1.82) is 0 Å². The summed E-state index contributed by atoms with van der Waals surface area (Å²) in [4.78, 5) is 1.37. The van der Waals surface area contributed by atoms with Crippen LogP contribution in [0, 0.1) is 5.41 Å². The van der Waals surface area contributed by atoms with Gasteiger partial charge in [-0.2, -0.15) is 0 Å². The Morgan fingerprint density at radius 3 is 2.56 bits per heavy atom. The zero-order valence-electron chi connectivity index (χ0n) is 10.3. The third-order valence-corrected chi connectivity index (χ3v) is 4.65. The van der Waals surface area contributed by atoms with Crippen molar-refractivity contribution in [3.05, 3.63) is 21.3 Å². The van der Waals surface area contributed by atoms with E-state index in [4.69, 9.17) is 17.3 Å². The molecule has 0 spiro atoms. The van der Waals surface area contributed by atoms with Crippen molar-refractivity contribution in [3.63, 3.8) is 0 Å². The molecule has 0 saturated carbocycles. The maximum absolute atomic E-state index is 5.99. The molecule has 1 heterocycles. The van der Waals surface area contributed by atoms with Crippen LogP contribution in [-0.2, 0) is 6.42 Å². The first-order valence-corrected chi connectivity index (χ1v) is 7.29. The number of unbranched alkanes of at least 4 members (excludes halogenated alkanes) is 1. The molecule has 0 aliphatic rings. The molecular weight excluding hydrogens is 238 g/mol. The lowest BCUT2D eigenvalue weighted by molar-refractivity contribution is 0.253. The summed E-state index contributed by atoms with van der Waals surface area (Å²) in [5, 5.41) is 0. The molecule has 0 amide bonds. The molecule has 2 N–H and O–H groups in total. The summed E-state index contributed by atoms with van der Waals surface area (Å²) in [6, 6.07) is 4.12. The highest BCUT2D eigenvalue weighted by atomic mass is 35.5. The number of halogens is 1. The van der Waals surface area contributed by atoms with E-state index in [1.54, 1.807) is 11.3 Å². The molecule has 16 heavy (non-hydrogen) atoms. The largest absolute Gasteiger partial charge is 0.330 e. The van der Waals surface area contributed by atoms with Gasteiger partial charge in [0.15, 0.2) is 0 Å². The van der Waals surface area contributed by atoms with Gasteiger partial charge in [-0.15, -0.1) is 11.3 Å². The minimum Gasteiger partial charge on any atom is -0.330 e. The zero-order chi connectivity index (χ0) is 12.0. The Bertz CT molecular complexity index is 305. The molecule has 3 heteroatoms. The van der Waals surface area contributed by atoms with Crippen molar-refractivity contribution in [2.45, 2.75) is 46.0 Å². The predicted octanol–water partition coefficient (Wildman–Crippen LogP) is 4.49. The van der Waals surface area contributed by atoms with Crippen LogP contribution < -0.4 is 5.73 Å². The van der Waals surface area contributed by atoms with Gasteiger partial charge in [-0.3, -0.25) is 0 Å². The van der Waals surface area contributed by atoms with Crippen LogP contribution in [0.15, 0.2) is 12.1 Å². The second-order valence-corrected chi connectivity index (χ2v) is 6.34. The summed E-state index contributed by atoms with van der Waals surface area (Å²) in [6.07, 6.45) is 5.97. The summed E-state index contributed by atoms with van der Waals surface area (Å²) < 4.78 is 0.882. The fraction of sp³-hybridized carbons (Fsp3) is 0.692. The Labute approximate surface area is 108 Å². The Morgan fingerprint density at radius 2 is 2.12 bits per heavy atom. The standard InChI is InChI=1S/C13H22ClNS/c1-3-5-8-13(4-2,10-15)9-11-6-7-12(14)16-11/h6-7H,3-5,8-10,15H2,1-2H3. The van der Waals surface area contributed by atoms with E-state index in [1.165, 1.54) is 24.1 Å². The molecule has 1 aromatic heterocycles. The fourth-order valence-electron chi connectivity index (χ4n) is 2.08. The second-order valence-electron chi connectivity index (χ2n) is 4.54. The van der Waals surface area contributed by atoms with Gasteiger partial charge in [-0.05, 0) is 43.4 Å². The van der Waals surface area contributed by atoms with Gasteiger partial charge in [0.05, 0.1) is 4.34 Å². The summed E-state index contributed by atoms with van der Waals surface area (Å²) in [5.41, 5.74) is 6.27. The van der Waals surface area contributed by atoms with Gasteiger partial charge in [0, 0.05) is 4.88 Å². The normalized spacial score (nSPS) is 15.0. The minimum atomic E-state index is 0.282. The maximum Gasteiger partial charge on any atom is 0.0931 e. The molecule has 0 fully saturated rings. The van der Waals surface area contributed by atoms with Crippen LogP contribution in [0.1, 0.15) is 44.4 Å². The number of nitrogens with two attached hydrogens (primary N) is 1. The first-order valence-electron chi connectivity index (χ1n) is 6.10. The molecule has 0 bridgehead atoms. The first-order chi connectivity index (χ1) is 7.65.